The first-order valence-corrected chi connectivity index (χ1v) is 14.9. The first-order chi connectivity index (χ1) is 19.4. The number of carbonyl (C=O) groups is 5. The van der Waals surface area contributed by atoms with Crippen molar-refractivity contribution in [2.75, 3.05) is 13.2 Å². The summed E-state index contributed by atoms with van der Waals surface area (Å²) >= 11 is 0. The summed E-state index contributed by atoms with van der Waals surface area (Å²) in [6.45, 7) is 9.79. The van der Waals surface area contributed by atoms with Crippen LogP contribution in [0.15, 0.2) is 30.3 Å². The Hall–Kier alpha value is -3.27. The fraction of sp³-hybridized carbons (Fsp3) is 0.645. The Morgan fingerprint density at radius 1 is 1.02 bits per heavy atom. The lowest BCUT2D eigenvalue weighted by Gasteiger charge is -2.30. The highest BCUT2D eigenvalue weighted by Gasteiger charge is 2.50. The molecular formula is C31H46N4O6. The second-order valence-corrected chi connectivity index (χ2v) is 11.9. The molecule has 0 bridgehead atoms. The number of hydrogen-bond donors (Lipinski definition) is 3. The number of hydrogen-bond acceptors (Lipinski definition) is 6. The minimum absolute atomic E-state index is 0.149. The van der Waals surface area contributed by atoms with Crippen LogP contribution in [0.4, 0.5) is 0 Å². The summed E-state index contributed by atoms with van der Waals surface area (Å²) in [5, 5.41) is 8.53. The molecule has 4 amide bonds. The Morgan fingerprint density at radius 3 is 2.29 bits per heavy atom. The Bertz CT molecular complexity index is 1090. The van der Waals surface area contributed by atoms with Crippen LogP contribution in [-0.4, -0.2) is 77.2 Å². The van der Waals surface area contributed by atoms with Crippen LogP contribution in [0.25, 0.3) is 0 Å². The van der Waals surface area contributed by atoms with Gasteiger partial charge >= 0.3 is 0 Å². The molecule has 5 atom stereocenters. The van der Waals surface area contributed by atoms with Gasteiger partial charge in [0.05, 0.1) is 12.6 Å². The van der Waals surface area contributed by atoms with Gasteiger partial charge in [0, 0.05) is 19.9 Å². The Labute approximate surface area is 243 Å². The van der Waals surface area contributed by atoms with Crippen LogP contribution in [0, 0.1) is 5.92 Å². The molecule has 2 aliphatic rings. The van der Waals surface area contributed by atoms with Gasteiger partial charge in [0.1, 0.15) is 23.7 Å². The van der Waals surface area contributed by atoms with E-state index in [2.05, 4.69) is 16.0 Å². The van der Waals surface area contributed by atoms with Crippen LogP contribution < -0.4 is 16.0 Å². The number of epoxide rings is 1. The van der Waals surface area contributed by atoms with Crippen LogP contribution >= 0.6 is 0 Å². The monoisotopic (exact) mass is 570 g/mol. The van der Waals surface area contributed by atoms with E-state index in [9.17, 15) is 24.0 Å². The number of rotatable bonds is 15. The molecule has 10 heteroatoms. The van der Waals surface area contributed by atoms with Gasteiger partial charge in [-0.2, -0.15) is 0 Å². The number of amides is 4. The van der Waals surface area contributed by atoms with Crippen molar-refractivity contribution in [1.82, 2.24) is 20.9 Å². The topological polar surface area (TPSA) is 137 Å². The molecule has 0 aromatic heterocycles. The summed E-state index contributed by atoms with van der Waals surface area (Å²) in [7, 11) is 0. The molecule has 3 rings (SSSR count). The molecule has 0 aliphatic carbocycles. The maximum absolute atomic E-state index is 13.7. The van der Waals surface area contributed by atoms with Gasteiger partial charge in [-0.05, 0) is 44.1 Å². The predicted molar refractivity (Wildman–Crippen MR) is 155 cm³/mol. The van der Waals surface area contributed by atoms with Gasteiger partial charge in [-0.1, -0.05) is 63.9 Å². The van der Waals surface area contributed by atoms with E-state index in [1.165, 1.54) is 11.8 Å². The van der Waals surface area contributed by atoms with Crippen LogP contribution in [0.1, 0.15) is 78.7 Å². The molecule has 0 spiro atoms. The molecule has 1 unspecified atom stereocenters. The zero-order chi connectivity index (χ0) is 30.2. The minimum atomic E-state index is -0.955. The smallest absolute Gasteiger partial charge is 0.245 e. The Balaban J connectivity index is 1.78. The number of nitrogens with one attached hydrogen (secondary N) is 3. The molecule has 41 heavy (non-hydrogen) atoms. The highest BCUT2D eigenvalue weighted by molar-refractivity contribution is 5.98. The maximum Gasteiger partial charge on any atom is 0.245 e. The van der Waals surface area contributed by atoms with Crippen LogP contribution in [0.2, 0.25) is 0 Å². The third-order valence-electron chi connectivity index (χ3n) is 7.71. The third kappa shape index (κ3) is 9.11. The van der Waals surface area contributed by atoms with Crippen molar-refractivity contribution in [2.24, 2.45) is 5.92 Å². The summed E-state index contributed by atoms with van der Waals surface area (Å²) < 4.78 is 5.36. The Morgan fingerprint density at radius 2 is 1.71 bits per heavy atom. The molecule has 2 fully saturated rings. The number of Topliss-reactive ketones (excluding diaryl/α,β-unsaturated/α-hetero) is 1. The van der Waals surface area contributed by atoms with E-state index in [0.717, 1.165) is 18.4 Å². The number of nitrogens with zero attached hydrogens (tertiary/aromatic N) is 1. The van der Waals surface area contributed by atoms with Gasteiger partial charge in [-0.3, -0.25) is 24.0 Å². The van der Waals surface area contributed by atoms with Crippen molar-refractivity contribution in [3.8, 4) is 0 Å². The van der Waals surface area contributed by atoms with Crippen molar-refractivity contribution in [3.63, 3.8) is 0 Å². The molecular weight excluding hydrogens is 524 g/mol. The summed E-state index contributed by atoms with van der Waals surface area (Å²) in [5.41, 5.74) is -0.0420. The standard InChI is InChI=1S/C31H46N4O6/c1-6-7-14-23(32-21(4)36)30(40)35-16-11-15-26(35)29(39)34-25(18-22-12-9-8-10-13-22)28(38)33-24(17-20(2)3)27(37)31(5)19-41-31/h8-10,12-13,20,23-26H,6-7,11,14-19H2,1-5H3,(H,32,36)(H,33,38)(H,34,39)/t23-,24-,25-,26-,31?/m0/s1. The molecule has 1 aromatic rings. The lowest BCUT2D eigenvalue weighted by Crippen LogP contribution is -2.58. The highest BCUT2D eigenvalue weighted by atomic mass is 16.6. The van der Waals surface area contributed by atoms with Crippen molar-refractivity contribution in [1.29, 1.82) is 0 Å². The van der Waals surface area contributed by atoms with E-state index in [-0.39, 0.29) is 29.9 Å². The van der Waals surface area contributed by atoms with Crippen LogP contribution in [0.3, 0.4) is 0 Å². The van der Waals surface area contributed by atoms with Gasteiger partial charge in [-0.25, -0.2) is 0 Å². The largest absolute Gasteiger partial charge is 0.361 e. The molecule has 2 aliphatic heterocycles. The maximum atomic E-state index is 13.7. The fourth-order valence-electron chi connectivity index (χ4n) is 5.34. The normalized spacial score (nSPS) is 22.0. The molecule has 1 aromatic carbocycles. The average Bonchev–Trinajstić information content (AvgIpc) is 3.48. The molecule has 0 saturated carbocycles. The van der Waals surface area contributed by atoms with E-state index >= 15 is 0 Å². The van der Waals surface area contributed by atoms with Crippen molar-refractivity contribution in [3.05, 3.63) is 35.9 Å². The molecule has 0 radical (unpaired) electrons. The number of benzene rings is 1. The van der Waals surface area contributed by atoms with E-state index in [0.29, 0.717) is 38.8 Å². The van der Waals surface area contributed by atoms with Gasteiger partial charge < -0.3 is 25.6 Å². The number of unbranched alkanes of at least 4 members (excludes halogenated alkanes) is 1. The second-order valence-electron chi connectivity index (χ2n) is 11.9. The lowest BCUT2D eigenvalue weighted by molar-refractivity contribution is -0.142. The van der Waals surface area contributed by atoms with Crippen molar-refractivity contribution in [2.45, 2.75) is 109 Å². The number of ether oxygens (including phenoxy) is 1. The fourth-order valence-corrected chi connectivity index (χ4v) is 5.34. The summed E-state index contributed by atoms with van der Waals surface area (Å²) in [4.78, 5) is 67.2. The van der Waals surface area contributed by atoms with Crippen molar-refractivity contribution >= 4 is 29.4 Å². The van der Waals surface area contributed by atoms with Gasteiger partial charge in [0.2, 0.25) is 23.6 Å². The molecule has 3 N–H and O–H groups in total. The number of likely N-dealkylation sites (tertiary alicyclic amines) is 1. The first kappa shape index (κ1) is 32.2. The Kier molecular flexibility index (Phi) is 11.5. The van der Waals surface area contributed by atoms with E-state index in [4.69, 9.17) is 4.74 Å². The molecule has 2 heterocycles. The zero-order valence-electron chi connectivity index (χ0n) is 25.0. The van der Waals surface area contributed by atoms with Gasteiger partial charge in [0.15, 0.2) is 5.78 Å². The van der Waals surface area contributed by atoms with E-state index < -0.39 is 41.6 Å². The number of ketones is 1. The van der Waals surface area contributed by atoms with Gasteiger partial charge in [0.25, 0.3) is 0 Å². The molecule has 226 valence electrons. The van der Waals surface area contributed by atoms with Gasteiger partial charge in [-0.15, -0.1) is 0 Å². The summed E-state index contributed by atoms with van der Waals surface area (Å²) in [6.07, 6.45) is 3.90. The number of carbonyl (C=O) groups excluding carboxylic acids is 5. The summed E-state index contributed by atoms with van der Waals surface area (Å²) in [5.74, 6) is -1.48. The minimum Gasteiger partial charge on any atom is -0.361 e. The first-order valence-electron chi connectivity index (χ1n) is 14.9. The van der Waals surface area contributed by atoms with Crippen LogP contribution in [-0.2, 0) is 35.1 Å². The zero-order valence-corrected chi connectivity index (χ0v) is 25.0. The van der Waals surface area contributed by atoms with E-state index in [1.807, 2.05) is 51.1 Å². The summed E-state index contributed by atoms with van der Waals surface area (Å²) in [6, 6.07) is 6.19. The predicted octanol–water partition coefficient (Wildman–Crippen LogP) is 2.29. The second kappa shape index (κ2) is 14.6. The molecule has 2 saturated heterocycles. The van der Waals surface area contributed by atoms with E-state index in [1.54, 1.807) is 6.92 Å². The SMILES string of the molecule is CCCC[C@H](NC(C)=O)C(=O)N1CCC[C@H]1C(=O)N[C@@H](Cc1ccccc1)C(=O)N[C@@H](CC(C)C)C(=O)C1(C)CO1. The lowest BCUT2D eigenvalue weighted by atomic mass is 9.93. The highest BCUT2D eigenvalue weighted by Crippen LogP contribution is 2.30. The van der Waals surface area contributed by atoms with Crippen LogP contribution in [0.5, 0.6) is 0 Å². The average molecular weight is 571 g/mol. The molecule has 10 nitrogen and oxygen atoms in total. The third-order valence-corrected chi connectivity index (χ3v) is 7.71. The quantitative estimate of drug-likeness (QED) is 0.277. The van der Waals surface area contributed by atoms with Crippen molar-refractivity contribution < 1.29 is 28.7 Å².